The number of aryl methyl sites for hydroxylation is 1. The van der Waals surface area contributed by atoms with E-state index in [9.17, 15) is 9.59 Å². The third-order valence-corrected chi connectivity index (χ3v) is 7.51. The summed E-state index contributed by atoms with van der Waals surface area (Å²) in [5, 5.41) is 1.55. The molecule has 1 amide bonds. The van der Waals surface area contributed by atoms with Gasteiger partial charge in [0.2, 0.25) is 5.91 Å². The second-order valence-corrected chi connectivity index (χ2v) is 9.52. The first kappa shape index (κ1) is 19.3. The minimum absolute atomic E-state index is 0.0822. The lowest BCUT2D eigenvalue weighted by molar-refractivity contribution is -0.127. The fourth-order valence-corrected chi connectivity index (χ4v) is 5.80. The van der Waals surface area contributed by atoms with Gasteiger partial charge in [-0.05, 0) is 38.0 Å². The number of hydrogen-bond acceptors (Lipinski definition) is 5. The van der Waals surface area contributed by atoms with Crippen LogP contribution in [0.4, 0.5) is 0 Å². The van der Waals surface area contributed by atoms with Crippen LogP contribution < -0.4 is 5.56 Å². The standard InChI is InChI=1S/C23H21N3O2S2/c1-15-8-10-16(11-9-15)26-22(28)21-20(17-6-2-3-7-18(17)30-21)24-23(26)29-14-19(27)25-12-4-5-13-25/h2-3,6-11H,4-5,12-14H2,1H3. The molecule has 0 N–H and O–H groups in total. The van der Waals surface area contributed by atoms with Crippen LogP contribution in [0.3, 0.4) is 0 Å². The summed E-state index contributed by atoms with van der Waals surface area (Å²) in [4.78, 5) is 32.9. The minimum atomic E-state index is -0.0822. The number of carbonyl (C=O) groups excluding carboxylic acids is 1. The maximum absolute atomic E-state index is 13.5. The third kappa shape index (κ3) is 3.42. The van der Waals surface area contributed by atoms with Gasteiger partial charge in [0.25, 0.3) is 5.56 Å². The molecule has 7 heteroatoms. The van der Waals surface area contributed by atoms with Gasteiger partial charge in [0, 0.05) is 23.2 Å². The molecule has 5 rings (SSSR count). The summed E-state index contributed by atoms with van der Waals surface area (Å²) < 4.78 is 3.34. The Morgan fingerprint density at radius 1 is 1.10 bits per heavy atom. The molecule has 3 heterocycles. The summed E-state index contributed by atoms with van der Waals surface area (Å²) in [7, 11) is 0. The van der Waals surface area contributed by atoms with E-state index >= 15 is 0 Å². The van der Waals surface area contributed by atoms with E-state index in [4.69, 9.17) is 4.98 Å². The number of thiophene rings is 1. The van der Waals surface area contributed by atoms with Gasteiger partial charge in [-0.2, -0.15) is 0 Å². The normalized spacial score (nSPS) is 14.1. The molecule has 1 saturated heterocycles. The van der Waals surface area contributed by atoms with Gasteiger partial charge in [0.05, 0.1) is 17.0 Å². The number of nitrogens with zero attached hydrogens (tertiary/aromatic N) is 3. The number of carbonyl (C=O) groups is 1. The summed E-state index contributed by atoms with van der Waals surface area (Å²) >= 11 is 2.82. The van der Waals surface area contributed by atoms with Crippen molar-refractivity contribution < 1.29 is 4.79 Å². The molecule has 152 valence electrons. The van der Waals surface area contributed by atoms with Crippen molar-refractivity contribution >= 4 is 49.3 Å². The molecule has 1 aliphatic rings. The highest BCUT2D eigenvalue weighted by Crippen LogP contribution is 2.32. The summed E-state index contributed by atoms with van der Waals surface area (Å²) in [5.74, 6) is 0.392. The Morgan fingerprint density at radius 2 is 1.83 bits per heavy atom. The molecule has 1 fully saturated rings. The molecule has 0 bridgehead atoms. The van der Waals surface area contributed by atoms with Crippen LogP contribution >= 0.6 is 23.1 Å². The number of rotatable bonds is 4. The number of likely N-dealkylation sites (tertiary alicyclic amines) is 1. The minimum Gasteiger partial charge on any atom is -0.342 e. The maximum atomic E-state index is 13.5. The van der Waals surface area contributed by atoms with Gasteiger partial charge in [0.1, 0.15) is 4.70 Å². The molecule has 2 aromatic carbocycles. The number of thioether (sulfide) groups is 1. The van der Waals surface area contributed by atoms with Crippen LogP contribution in [0.15, 0.2) is 58.5 Å². The molecule has 4 aromatic rings. The molecule has 2 aromatic heterocycles. The van der Waals surface area contributed by atoms with Gasteiger partial charge in [-0.15, -0.1) is 11.3 Å². The number of aromatic nitrogens is 2. The number of benzene rings is 2. The predicted molar refractivity (Wildman–Crippen MR) is 124 cm³/mol. The molecule has 0 saturated carbocycles. The Balaban J connectivity index is 1.64. The monoisotopic (exact) mass is 435 g/mol. The van der Waals surface area contributed by atoms with Gasteiger partial charge in [0.15, 0.2) is 5.16 Å². The van der Waals surface area contributed by atoms with E-state index in [-0.39, 0.29) is 17.2 Å². The van der Waals surface area contributed by atoms with Crippen molar-refractivity contribution in [1.29, 1.82) is 0 Å². The Kier molecular flexibility index (Phi) is 5.08. The lowest BCUT2D eigenvalue weighted by Crippen LogP contribution is -2.29. The molecule has 0 spiro atoms. The first-order chi connectivity index (χ1) is 14.6. The fourth-order valence-electron chi connectivity index (χ4n) is 3.82. The summed E-state index contributed by atoms with van der Waals surface area (Å²) in [5.41, 5.74) is 2.54. The van der Waals surface area contributed by atoms with Crippen LogP contribution in [0, 0.1) is 6.92 Å². The van der Waals surface area contributed by atoms with Gasteiger partial charge in [-0.1, -0.05) is 47.7 Å². The average molecular weight is 436 g/mol. The molecule has 5 nitrogen and oxygen atoms in total. The SMILES string of the molecule is Cc1ccc(-n2c(SCC(=O)N3CCCC3)nc3c(sc4ccccc43)c2=O)cc1. The second-order valence-electron chi connectivity index (χ2n) is 7.52. The van der Waals surface area contributed by atoms with E-state index in [1.54, 1.807) is 4.57 Å². The van der Waals surface area contributed by atoms with Crippen molar-refractivity contribution in [3.05, 3.63) is 64.4 Å². The van der Waals surface area contributed by atoms with Crippen LogP contribution in [0.25, 0.3) is 26.0 Å². The molecule has 0 radical (unpaired) electrons. The smallest absolute Gasteiger partial charge is 0.276 e. The van der Waals surface area contributed by atoms with Gasteiger partial charge >= 0.3 is 0 Å². The number of amides is 1. The second kappa shape index (κ2) is 7.89. The molecular formula is C23H21N3O2S2. The highest BCUT2D eigenvalue weighted by atomic mass is 32.2. The van der Waals surface area contributed by atoms with Gasteiger partial charge in [-0.25, -0.2) is 4.98 Å². The van der Waals surface area contributed by atoms with Crippen molar-refractivity contribution in [3.63, 3.8) is 0 Å². The highest BCUT2D eigenvalue weighted by Gasteiger charge is 2.21. The number of fused-ring (bicyclic) bond motifs is 3. The Hall–Kier alpha value is -2.64. The summed E-state index contributed by atoms with van der Waals surface area (Å²) in [6.45, 7) is 3.67. The van der Waals surface area contributed by atoms with Crippen LogP contribution in [0.2, 0.25) is 0 Å². The molecule has 30 heavy (non-hydrogen) atoms. The van der Waals surface area contributed by atoms with Gasteiger partial charge < -0.3 is 4.90 Å². The Bertz CT molecular complexity index is 1300. The van der Waals surface area contributed by atoms with Crippen LogP contribution in [-0.4, -0.2) is 39.2 Å². The zero-order valence-corrected chi connectivity index (χ0v) is 18.3. The zero-order chi connectivity index (χ0) is 20.7. The molecule has 0 atom stereocenters. The molecule has 0 unspecified atom stereocenters. The first-order valence-electron chi connectivity index (χ1n) is 10.0. The Labute approximate surface area is 182 Å². The van der Waals surface area contributed by atoms with Crippen molar-refractivity contribution in [1.82, 2.24) is 14.5 Å². The van der Waals surface area contributed by atoms with E-state index in [2.05, 4.69) is 0 Å². The van der Waals surface area contributed by atoms with E-state index in [1.807, 2.05) is 60.4 Å². The number of hydrogen-bond donors (Lipinski definition) is 0. The van der Waals surface area contributed by atoms with E-state index in [0.29, 0.717) is 9.86 Å². The topological polar surface area (TPSA) is 55.2 Å². The van der Waals surface area contributed by atoms with Crippen LogP contribution in [0.1, 0.15) is 18.4 Å². The van der Waals surface area contributed by atoms with E-state index in [0.717, 1.165) is 52.8 Å². The highest BCUT2D eigenvalue weighted by molar-refractivity contribution is 7.99. The van der Waals surface area contributed by atoms with Crippen LogP contribution in [0.5, 0.6) is 0 Å². The van der Waals surface area contributed by atoms with E-state index < -0.39 is 0 Å². The van der Waals surface area contributed by atoms with Crippen molar-refractivity contribution in [2.45, 2.75) is 24.9 Å². The predicted octanol–water partition coefficient (Wildman–Crippen LogP) is 4.62. The van der Waals surface area contributed by atoms with E-state index in [1.165, 1.54) is 23.1 Å². The largest absolute Gasteiger partial charge is 0.342 e. The van der Waals surface area contributed by atoms with Crippen molar-refractivity contribution in [3.8, 4) is 5.69 Å². The summed E-state index contributed by atoms with van der Waals surface area (Å²) in [6, 6.07) is 15.8. The summed E-state index contributed by atoms with van der Waals surface area (Å²) in [6.07, 6.45) is 2.13. The maximum Gasteiger partial charge on any atom is 0.276 e. The lowest BCUT2D eigenvalue weighted by atomic mass is 10.2. The van der Waals surface area contributed by atoms with Crippen LogP contribution in [-0.2, 0) is 4.79 Å². The zero-order valence-electron chi connectivity index (χ0n) is 16.6. The third-order valence-electron chi connectivity index (χ3n) is 5.44. The van der Waals surface area contributed by atoms with Crippen molar-refractivity contribution in [2.75, 3.05) is 18.8 Å². The lowest BCUT2D eigenvalue weighted by Gasteiger charge is -2.16. The fraction of sp³-hybridized carbons (Fsp3) is 0.261. The molecule has 0 aliphatic carbocycles. The molecule has 1 aliphatic heterocycles. The average Bonchev–Trinajstić information content (AvgIpc) is 3.42. The first-order valence-corrected chi connectivity index (χ1v) is 11.8. The van der Waals surface area contributed by atoms with Crippen molar-refractivity contribution in [2.24, 2.45) is 0 Å². The Morgan fingerprint density at radius 3 is 2.60 bits per heavy atom. The molecular weight excluding hydrogens is 414 g/mol. The quantitative estimate of drug-likeness (QED) is 0.347. The van der Waals surface area contributed by atoms with Gasteiger partial charge in [-0.3, -0.25) is 14.2 Å².